The third kappa shape index (κ3) is 16.1. The Bertz CT molecular complexity index is 24.8. The Balaban J connectivity index is -0.0000000450. The number of hydrogen-bond donors (Lipinski definition) is 0. The van der Waals surface area contributed by atoms with Crippen LogP contribution in [0.2, 0.25) is 0 Å². The molecular weight excluding hydrogens is 180 g/mol. The Hall–Kier alpha value is 2.41. The number of rotatable bonds is 1. The first kappa shape index (κ1) is 15.8. The maximum atomic E-state index is 9.05. The largest absolute Gasteiger partial charge is 0.542 e. The van der Waals surface area contributed by atoms with Gasteiger partial charge in [0.1, 0.15) is 0 Å². The molecule has 0 aromatic heterocycles. The summed E-state index contributed by atoms with van der Waals surface area (Å²) in [6, 6.07) is 0. The summed E-state index contributed by atoms with van der Waals surface area (Å²) in [5.74, 6) is 0. The Labute approximate surface area is 106 Å². The van der Waals surface area contributed by atoms with E-state index in [0.717, 1.165) is 0 Å². The number of hydrogen-bond acceptors (Lipinski definition) is 1. The predicted molar refractivity (Wildman–Crippen MR) is 21.7 cm³/mol. The standard InChI is InChI=1S/C3H5O.K.Y/c1-2-3-4;;/h2H2,1H3;;/q-1;;. The van der Waals surface area contributed by atoms with Gasteiger partial charge >= 0.3 is 0 Å². The molecule has 0 unspecified atom stereocenters. The maximum Gasteiger partial charge on any atom is 0 e. The third-order valence-electron chi connectivity index (χ3n) is 0.144. The van der Waals surface area contributed by atoms with E-state index in [-0.39, 0.29) is 84.1 Å². The summed E-state index contributed by atoms with van der Waals surface area (Å²) < 4.78 is 0. The second-order valence-electron chi connectivity index (χ2n) is 0.498. The molecule has 0 spiro atoms. The van der Waals surface area contributed by atoms with Gasteiger partial charge in [-0.1, -0.05) is 6.92 Å². The van der Waals surface area contributed by atoms with Crippen molar-refractivity contribution in [3.05, 3.63) is 0 Å². The first-order valence-corrected chi connectivity index (χ1v) is 1.26. The van der Waals surface area contributed by atoms with Crippen LogP contribution in [0.1, 0.15) is 13.3 Å². The van der Waals surface area contributed by atoms with Crippen LogP contribution in [-0.2, 0) is 37.5 Å². The van der Waals surface area contributed by atoms with Crippen LogP contribution in [0.4, 0.5) is 0 Å². The molecule has 0 heterocycles. The van der Waals surface area contributed by atoms with Gasteiger partial charge < -0.3 is 4.79 Å². The molecule has 0 aromatic rings. The quantitative estimate of drug-likeness (QED) is 0.419. The fourth-order valence-corrected chi connectivity index (χ4v) is 0. The molecule has 0 atom stereocenters. The maximum absolute atomic E-state index is 9.05. The van der Waals surface area contributed by atoms with E-state index in [0.29, 0.717) is 6.42 Å². The van der Waals surface area contributed by atoms with Crippen molar-refractivity contribution < 1.29 is 37.5 Å². The Morgan fingerprint density at radius 3 is 1.83 bits per heavy atom. The van der Waals surface area contributed by atoms with Crippen molar-refractivity contribution in [2.75, 3.05) is 0 Å². The average molecular weight is 185 g/mol. The molecule has 0 aliphatic carbocycles. The molecule has 0 saturated heterocycles. The van der Waals surface area contributed by atoms with Gasteiger partial charge in [0.25, 0.3) is 0 Å². The number of carbonyl (C=O) groups excluding carboxylic acids is 1. The van der Waals surface area contributed by atoms with Gasteiger partial charge in [-0.2, -0.15) is 6.42 Å². The third-order valence-corrected chi connectivity index (χ3v) is 0.144. The topological polar surface area (TPSA) is 17.1 Å². The molecule has 0 aromatic carbocycles. The molecule has 6 heavy (non-hydrogen) atoms. The van der Waals surface area contributed by atoms with Crippen LogP contribution in [0.3, 0.4) is 0 Å². The minimum atomic E-state index is 0. The van der Waals surface area contributed by atoms with Gasteiger partial charge in [-0.15, -0.1) is 0 Å². The molecule has 0 aliphatic rings. The fourth-order valence-electron chi connectivity index (χ4n) is 0. The van der Waals surface area contributed by atoms with Crippen molar-refractivity contribution >= 4 is 57.7 Å². The van der Waals surface area contributed by atoms with Gasteiger partial charge in [-0.25, -0.2) is 0 Å². The SMILES string of the molecule is CC[C-]=O.[K].[Y]. The van der Waals surface area contributed by atoms with Crippen molar-refractivity contribution in [2.45, 2.75) is 13.3 Å². The van der Waals surface area contributed by atoms with E-state index in [4.69, 9.17) is 4.79 Å². The van der Waals surface area contributed by atoms with Gasteiger partial charge in [-0.05, 0) is 0 Å². The van der Waals surface area contributed by atoms with Gasteiger partial charge in [0, 0.05) is 84.1 Å². The monoisotopic (exact) mass is 185 g/mol. The molecule has 0 fully saturated rings. The van der Waals surface area contributed by atoms with Crippen LogP contribution in [0.15, 0.2) is 0 Å². The van der Waals surface area contributed by atoms with Crippen LogP contribution < -0.4 is 0 Å². The molecule has 3 heteroatoms. The summed E-state index contributed by atoms with van der Waals surface area (Å²) in [5, 5.41) is 0. The molecular formula is C3H5KOY-. The van der Waals surface area contributed by atoms with E-state index < -0.39 is 0 Å². The minimum Gasteiger partial charge on any atom is -0.542 e. The molecule has 1 nitrogen and oxygen atoms in total. The van der Waals surface area contributed by atoms with E-state index >= 15 is 0 Å². The van der Waals surface area contributed by atoms with E-state index in [9.17, 15) is 0 Å². The van der Waals surface area contributed by atoms with E-state index in [1.54, 1.807) is 13.2 Å². The molecule has 0 aliphatic heterocycles. The molecule has 0 bridgehead atoms. The summed E-state index contributed by atoms with van der Waals surface area (Å²) in [5.41, 5.74) is 0. The molecule has 28 valence electrons. The molecule has 0 saturated carbocycles. The first-order valence-electron chi connectivity index (χ1n) is 1.26. The smallest absolute Gasteiger partial charge is 0 e. The van der Waals surface area contributed by atoms with Gasteiger partial charge in [-0.3, -0.25) is 6.29 Å². The van der Waals surface area contributed by atoms with Crippen LogP contribution in [0.5, 0.6) is 0 Å². The van der Waals surface area contributed by atoms with Crippen molar-refractivity contribution in [2.24, 2.45) is 0 Å². The van der Waals surface area contributed by atoms with Crippen LogP contribution >= 0.6 is 0 Å². The Kier molecular flexibility index (Phi) is 41.2. The normalized spacial score (nSPS) is 4.17. The van der Waals surface area contributed by atoms with Gasteiger partial charge in [0.05, 0.1) is 0 Å². The van der Waals surface area contributed by atoms with Gasteiger partial charge in [0.2, 0.25) is 0 Å². The minimum absolute atomic E-state index is 0. The van der Waals surface area contributed by atoms with Crippen LogP contribution in [0.25, 0.3) is 0 Å². The summed E-state index contributed by atoms with van der Waals surface area (Å²) in [6.07, 6.45) is 2.19. The van der Waals surface area contributed by atoms with Crippen molar-refractivity contribution in [3.8, 4) is 0 Å². The Morgan fingerprint density at radius 1 is 1.67 bits per heavy atom. The predicted octanol–water partition coefficient (Wildman–Crippen LogP) is 0.123. The van der Waals surface area contributed by atoms with E-state index in [2.05, 4.69) is 0 Å². The van der Waals surface area contributed by atoms with Gasteiger partial charge in [0.15, 0.2) is 0 Å². The van der Waals surface area contributed by atoms with E-state index in [1.165, 1.54) is 0 Å². The molecule has 0 N–H and O–H groups in total. The zero-order valence-corrected chi connectivity index (χ0v) is 10.2. The summed E-state index contributed by atoms with van der Waals surface area (Å²) in [6.45, 7) is 1.76. The van der Waals surface area contributed by atoms with Crippen LogP contribution in [0, 0.1) is 0 Å². The molecule has 0 amide bonds. The second kappa shape index (κ2) is 15.7. The zero-order valence-electron chi connectivity index (χ0n) is 4.19. The van der Waals surface area contributed by atoms with Crippen molar-refractivity contribution in [3.63, 3.8) is 0 Å². The van der Waals surface area contributed by atoms with Crippen LogP contribution in [-0.4, -0.2) is 57.7 Å². The molecule has 0 rings (SSSR count). The zero-order chi connectivity index (χ0) is 3.41. The Morgan fingerprint density at radius 2 is 1.83 bits per heavy atom. The summed E-state index contributed by atoms with van der Waals surface area (Å²) in [4.78, 5) is 9.05. The van der Waals surface area contributed by atoms with Crippen molar-refractivity contribution in [1.29, 1.82) is 0 Å². The van der Waals surface area contributed by atoms with E-state index in [1.807, 2.05) is 0 Å². The summed E-state index contributed by atoms with van der Waals surface area (Å²) >= 11 is 0. The fraction of sp³-hybridized carbons (Fsp3) is 0.667. The average Bonchev–Trinajstić information content (AvgIpc) is 1.37. The summed E-state index contributed by atoms with van der Waals surface area (Å²) in [7, 11) is 0. The van der Waals surface area contributed by atoms with Crippen molar-refractivity contribution in [1.82, 2.24) is 0 Å². The second-order valence-corrected chi connectivity index (χ2v) is 0.498. The molecule has 2 radical (unpaired) electrons. The first-order chi connectivity index (χ1) is 1.91.